The maximum atomic E-state index is 4.42. The monoisotopic (exact) mass is 349 g/mol. The molecule has 0 saturated carbocycles. The summed E-state index contributed by atoms with van der Waals surface area (Å²) in [5.74, 6) is 2.04. The van der Waals surface area contributed by atoms with E-state index in [4.69, 9.17) is 0 Å². The van der Waals surface area contributed by atoms with Gasteiger partial charge in [-0.05, 0) is 43.0 Å². The van der Waals surface area contributed by atoms with Crippen LogP contribution >= 0.6 is 0 Å². The van der Waals surface area contributed by atoms with E-state index in [0.717, 1.165) is 25.5 Å². The van der Waals surface area contributed by atoms with Gasteiger partial charge in [0.05, 0.1) is 12.4 Å². The first-order valence-electron chi connectivity index (χ1n) is 8.95. The lowest BCUT2D eigenvalue weighted by Crippen LogP contribution is -2.33. The summed E-state index contributed by atoms with van der Waals surface area (Å²) >= 11 is 0. The Balaban J connectivity index is 1.44. The number of piperidine rings is 1. The van der Waals surface area contributed by atoms with Crippen LogP contribution in [0.1, 0.15) is 29.9 Å². The van der Waals surface area contributed by atoms with Crippen molar-refractivity contribution >= 4 is 11.6 Å². The van der Waals surface area contributed by atoms with E-state index >= 15 is 0 Å². The Morgan fingerprint density at radius 1 is 1.15 bits per heavy atom. The number of hydrogen-bond acceptors (Lipinski definition) is 6. The molecule has 0 unspecified atom stereocenters. The second-order valence-corrected chi connectivity index (χ2v) is 6.79. The van der Waals surface area contributed by atoms with Gasteiger partial charge in [0.1, 0.15) is 11.6 Å². The van der Waals surface area contributed by atoms with Gasteiger partial charge in [-0.2, -0.15) is 5.10 Å². The highest BCUT2D eigenvalue weighted by Gasteiger charge is 2.22. The molecule has 7 heteroatoms. The van der Waals surface area contributed by atoms with E-state index in [0.29, 0.717) is 11.7 Å². The van der Waals surface area contributed by atoms with Crippen molar-refractivity contribution in [3.8, 4) is 0 Å². The molecule has 1 aliphatic rings. The zero-order valence-electron chi connectivity index (χ0n) is 14.9. The molecule has 1 aliphatic heterocycles. The highest BCUT2D eigenvalue weighted by atomic mass is 15.2. The second kappa shape index (κ2) is 7.61. The molecule has 0 spiro atoms. The number of aromatic nitrogens is 5. The smallest absolute Gasteiger partial charge is 0.150 e. The third kappa shape index (κ3) is 4.05. The SMILES string of the molecule is Cn1cc(CN2CCC[C@@H](c3ccnc(Nc4cnccn4)c3)C2)cn1. The zero-order valence-corrected chi connectivity index (χ0v) is 14.9. The summed E-state index contributed by atoms with van der Waals surface area (Å²) in [6, 6.07) is 4.26. The Morgan fingerprint density at radius 3 is 2.88 bits per heavy atom. The van der Waals surface area contributed by atoms with E-state index in [1.807, 2.05) is 24.1 Å². The van der Waals surface area contributed by atoms with Crippen LogP contribution in [-0.2, 0) is 13.6 Å². The molecule has 7 nitrogen and oxygen atoms in total. The summed E-state index contributed by atoms with van der Waals surface area (Å²) in [7, 11) is 1.96. The van der Waals surface area contributed by atoms with Crippen molar-refractivity contribution in [2.75, 3.05) is 18.4 Å². The molecule has 1 saturated heterocycles. The molecule has 0 radical (unpaired) electrons. The Hall–Kier alpha value is -2.80. The number of pyridine rings is 1. The lowest BCUT2D eigenvalue weighted by Gasteiger charge is -2.32. The summed E-state index contributed by atoms with van der Waals surface area (Å²) in [6.07, 6.45) is 13.4. The van der Waals surface area contributed by atoms with Crippen LogP contribution in [0.3, 0.4) is 0 Å². The number of rotatable bonds is 5. The van der Waals surface area contributed by atoms with Crippen molar-refractivity contribution in [3.05, 3.63) is 60.4 Å². The average Bonchev–Trinajstić information content (AvgIpc) is 3.08. The third-order valence-electron chi connectivity index (χ3n) is 4.74. The largest absolute Gasteiger partial charge is 0.324 e. The van der Waals surface area contributed by atoms with Crippen molar-refractivity contribution in [2.45, 2.75) is 25.3 Å². The van der Waals surface area contributed by atoms with Gasteiger partial charge >= 0.3 is 0 Å². The Morgan fingerprint density at radius 2 is 2.08 bits per heavy atom. The van der Waals surface area contributed by atoms with Crippen molar-refractivity contribution < 1.29 is 0 Å². The molecule has 0 aliphatic carbocycles. The van der Waals surface area contributed by atoms with E-state index in [1.165, 1.54) is 24.0 Å². The van der Waals surface area contributed by atoms with Crippen LogP contribution in [0.15, 0.2) is 49.3 Å². The van der Waals surface area contributed by atoms with E-state index in [2.05, 4.69) is 48.6 Å². The van der Waals surface area contributed by atoms with Gasteiger partial charge in [-0.1, -0.05) is 0 Å². The van der Waals surface area contributed by atoms with Gasteiger partial charge in [0.25, 0.3) is 0 Å². The molecule has 0 amide bonds. The number of anilines is 2. The molecule has 0 bridgehead atoms. The molecule has 1 N–H and O–H groups in total. The highest BCUT2D eigenvalue weighted by Crippen LogP contribution is 2.29. The highest BCUT2D eigenvalue weighted by molar-refractivity contribution is 5.51. The van der Waals surface area contributed by atoms with Crippen molar-refractivity contribution in [1.29, 1.82) is 0 Å². The topological polar surface area (TPSA) is 71.8 Å². The third-order valence-corrected chi connectivity index (χ3v) is 4.74. The molecule has 26 heavy (non-hydrogen) atoms. The van der Waals surface area contributed by atoms with Crippen LogP contribution in [0.5, 0.6) is 0 Å². The Kier molecular flexibility index (Phi) is 4.88. The number of aryl methyl sites for hydroxylation is 1. The van der Waals surface area contributed by atoms with Crippen LogP contribution in [0.25, 0.3) is 0 Å². The maximum absolute atomic E-state index is 4.42. The predicted molar refractivity (Wildman–Crippen MR) is 100 cm³/mol. The van der Waals surface area contributed by atoms with Crippen LogP contribution in [0, 0.1) is 0 Å². The van der Waals surface area contributed by atoms with Gasteiger partial charge in [-0.25, -0.2) is 9.97 Å². The Labute approximate surface area is 153 Å². The minimum absolute atomic E-state index is 0.519. The van der Waals surface area contributed by atoms with Crippen molar-refractivity contribution in [2.24, 2.45) is 7.05 Å². The fourth-order valence-corrected chi connectivity index (χ4v) is 3.55. The second-order valence-electron chi connectivity index (χ2n) is 6.79. The molecule has 4 heterocycles. The molecule has 0 aromatic carbocycles. The van der Waals surface area contributed by atoms with E-state index < -0.39 is 0 Å². The molecule has 1 fully saturated rings. The standard InChI is InChI=1S/C19H23N7/c1-25-12-15(10-23-25)13-26-8-2-3-17(14-26)16-4-5-21-18(9-16)24-19-11-20-6-7-22-19/h4-7,9-12,17H,2-3,8,13-14H2,1H3,(H,21,22,24)/t17-/m1/s1. The minimum Gasteiger partial charge on any atom is -0.324 e. The van der Waals surface area contributed by atoms with Crippen molar-refractivity contribution in [1.82, 2.24) is 29.6 Å². The van der Waals surface area contributed by atoms with E-state index in [-0.39, 0.29) is 0 Å². The quantitative estimate of drug-likeness (QED) is 0.764. The van der Waals surface area contributed by atoms with Crippen LogP contribution in [0.2, 0.25) is 0 Å². The molecule has 4 rings (SSSR count). The van der Waals surface area contributed by atoms with Gasteiger partial charge in [0, 0.05) is 50.5 Å². The van der Waals surface area contributed by atoms with Gasteiger partial charge in [-0.15, -0.1) is 0 Å². The van der Waals surface area contributed by atoms with Crippen LogP contribution in [-0.4, -0.2) is 42.7 Å². The van der Waals surface area contributed by atoms with Gasteiger partial charge < -0.3 is 5.32 Å². The molecule has 3 aromatic heterocycles. The first-order valence-corrected chi connectivity index (χ1v) is 8.95. The van der Waals surface area contributed by atoms with Crippen LogP contribution < -0.4 is 5.32 Å². The van der Waals surface area contributed by atoms with Gasteiger partial charge in [0.15, 0.2) is 0 Å². The summed E-state index contributed by atoms with van der Waals surface area (Å²) in [5, 5.41) is 7.50. The Bertz CT molecular complexity index is 846. The maximum Gasteiger partial charge on any atom is 0.150 e. The van der Waals surface area contributed by atoms with Gasteiger partial charge in [-0.3, -0.25) is 14.6 Å². The number of nitrogens with zero attached hydrogens (tertiary/aromatic N) is 6. The molecule has 134 valence electrons. The lowest BCUT2D eigenvalue weighted by atomic mass is 9.91. The number of hydrogen-bond donors (Lipinski definition) is 1. The minimum atomic E-state index is 0.519. The first-order chi connectivity index (χ1) is 12.8. The summed E-state index contributed by atoms with van der Waals surface area (Å²) < 4.78 is 1.87. The fraction of sp³-hybridized carbons (Fsp3) is 0.368. The van der Waals surface area contributed by atoms with Gasteiger partial charge in [0.2, 0.25) is 0 Å². The zero-order chi connectivity index (χ0) is 17.8. The molecular weight excluding hydrogens is 326 g/mol. The van der Waals surface area contributed by atoms with E-state index in [9.17, 15) is 0 Å². The predicted octanol–water partition coefficient (Wildman–Crippen LogP) is 2.73. The first kappa shape index (κ1) is 16.7. The van der Waals surface area contributed by atoms with E-state index in [1.54, 1.807) is 18.6 Å². The number of nitrogens with one attached hydrogen (secondary N) is 1. The molecule has 3 aromatic rings. The average molecular weight is 349 g/mol. The van der Waals surface area contributed by atoms with Crippen molar-refractivity contribution in [3.63, 3.8) is 0 Å². The molecule has 1 atom stereocenters. The number of likely N-dealkylation sites (tertiary alicyclic amines) is 1. The molecular formula is C19H23N7. The summed E-state index contributed by atoms with van der Waals surface area (Å²) in [5.41, 5.74) is 2.59. The van der Waals surface area contributed by atoms with Crippen LogP contribution in [0.4, 0.5) is 11.6 Å². The fourth-order valence-electron chi connectivity index (χ4n) is 3.55. The summed E-state index contributed by atoms with van der Waals surface area (Å²) in [4.78, 5) is 15.3. The summed E-state index contributed by atoms with van der Waals surface area (Å²) in [6.45, 7) is 3.16. The lowest BCUT2D eigenvalue weighted by molar-refractivity contribution is 0.200. The normalized spacial score (nSPS) is 18.0.